The van der Waals surface area contributed by atoms with Crippen LogP contribution in [-0.2, 0) is 9.53 Å². The molecule has 0 fully saturated rings. The topological polar surface area (TPSA) is 93.7 Å². The number of carbonyl (C=O) groups excluding carboxylic acids is 3. The van der Waals surface area contributed by atoms with Gasteiger partial charge in [0, 0.05) is 11.3 Å². The van der Waals surface area contributed by atoms with E-state index in [4.69, 9.17) is 4.74 Å². The van der Waals surface area contributed by atoms with E-state index in [0.29, 0.717) is 29.2 Å². The molecule has 2 aromatic rings. The molecule has 0 aliphatic heterocycles. The van der Waals surface area contributed by atoms with Gasteiger partial charge in [-0.05, 0) is 55.3 Å². The molecule has 0 saturated carbocycles. The molecule has 2 rings (SSSR count). The molecule has 0 aliphatic carbocycles. The Balaban J connectivity index is 1.89. The van der Waals surface area contributed by atoms with E-state index in [1.54, 1.807) is 43.3 Å². The second-order valence-corrected chi connectivity index (χ2v) is 6.48. The summed E-state index contributed by atoms with van der Waals surface area (Å²) < 4.78 is 10.2. The Morgan fingerprint density at radius 1 is 1.00 bits per heavy atom. The molecule has 0 aliphatic rings. The van der Waals surface area contributed by atoms with Crippen LogP contribution in [0.15, 0.2) is 42.5 Å². The lowest BCUT2D eigenvalue weighted by molar-refractivity contribution is -0.115. The van der Waals surface area contributed by atoms with Crippen molar-refractivity contribution >= 4 is 23.5 Å². The third kappa shape index (κ3) is 6.64. The molecule has 0 saturated heterocycles. The summed E-state index contributed by atoms with van der Waals surface area (Å²) in [6.07, 6.45) is 2.02. The largest absolute Gasteiger partial charge is 0.494 e. The maximum atomic E-state index is 12.2. The van der Waals surface area contributed by atoms with Gasteiger partial charge in [-0.25, -0.2) is 4.79 Å². The predicted molar refractivity (Wildman–Crippen MR) is 110 cm³/mol. The van der Waals surface area contributed by atoms with Crippen LogP contribution in [0.4, 0.5) is 5.69 Å². The maximum Gasteiger partial charge on any atom is 0.337 e. The van der Waals surface area contributed by atoms with Crippen LogP contribution in [0.25, 0.3) is 0 Å². The van der Waals surface area contributed by atoms with Crippen molar-refractivity contribution in [1.82, 2.24) is 5.32 Å². The fourth-order valence-electron chi connectivity index (χ4n) is 2.50. The second kappa shape index (κ2) is 10.8. The summed E-state index contributed by atoms with van der Waals surface area (Å²) in [4.78, 5) is 36.1. The highest BCUT2D eigenvalue weighted by molar-refractivity contribution is 6.00. The fraction of sp³-hybridized carbons (Fsp3) is 0.318. The van der Waals surface area contributed by atoms with Crippen LogP contribution in [0.3, 0.4) is 0 Å². The van der Waals surface area contributed by atoms with Gasteiger partial charge in [-0.2, -0.15) is 0 Å². The number of anilines is 1. The normalized spacial score (nSPS) is 10.2. The third-order valence-electron chi connectivity index (χ3n) is 4.23. The van der Waals surface area contributed by atoms with Crippen LogP contribution in [0.2, 0.25) is 0 Å². The highest BCUT2D eigenvalue weighted by atomic mass is 16.5. The zero-order valence-electron chi connectivity index (χ0n) is 16.9. The van der Waals surface area contributed by atoms with E-state index < -0.39 is 11.9 Å². The number of aryl methyl sites for hydroxylation is 1. The van der Waals surface area contributed by atoms with E-state index in [1.807, 2.05) is 0 Å². The lowest BCUT2D eigenvalue weighted by atomic mass is 10.1. The molecule has 2 N–H and O–H groups in total. The minimum atomic E-state index is -0.490. The summed E-state index contributed by atoms with van der Waals surface area (Å²) in [5, 5.41) is 5.27. The van der Waals surface area contributed by atoms with Crippen LogP contribution in [-0.4, -0.2) is 38.0 Å². The van der Waals surface area contributed by atoms with Crippen molar-refractivity contribution < 1.29 is 23.9 Å². The number of esters is 1. The van der Waals surface area contributed by atoms with Crippen LogP contribution in [0.5, 0.6) is 5.75 Å². The van der Waals surface area contributed by atoms with Crippen molar-refractivity contribution in [3.05, 3.63) is 59.2 Å². The van der Waals surface area contributed by atoms with Gasteiger partial charge in [-0.15, -0.1) is 0 Å². The molecule has 0 bridgehead atoms. The first-order valence-corrected chi connectivity index (χ1v) is 9.44. The van der Waals surface area contributed by atoms with Crippen LogP contribution < -0.4 is 15.4 Å². The highest BCUT2D eigenvalue weighted by Gasteiger charge is 2.12. The number of hydrogen-bond acceptors (Lipinski definition) is 5. The van der Waals surface area contributed by atoms with Crippen molar-refractivity contribution in [2.45, 2.75) is 26.7 Å². The predicted octanol–water partition coefficient (Wildman–Crippen LogP) is 3.33. The molecule has 2 aromatic carbocycles. The van der Waals surface area contributed by atoms with Crippen molar-refractivity contribution in [3.63, 3.8) is 0 Å². The van der Waals surface area contributed by atoms with Gasteiger partial charge in [0.15, 0.2) is 0 Å². The first-order valence-electron chi connectivity index (χ1n) is 9.44. The SMILES string of the molecule is CCCCOc1ccc(C(=O)NCC(=O)Nc2cc(C(=O)OC)ccc2C)cc1. The zero-order chi connectivity index (χ0) is 21.2. The van der Waals surface area contributed by atoms with E-state index in [9.17, 15) is 14.4 Å². The first-order chi connectivity index (χ1) is 13.9. The molecular weight excluding hydrogens is 372 g/mol. The van der Waals surface area contributed by atoms with E-state index >= 15 is 0 Å². The van der Waals surface area contributed by atoms with Gasteiger partial charge in [0.25, 0.3) is 5.91 Å². The molecular formula is C22H26N2O5. The number of unbranched alkanes of at least 4 members (excludes halogenated alkanes) is 1. The lowest BCUT2D eigenvalue weighted by Gasteiger charge is -2.11. The molecule has 154 valence electrons. The molecule has 29 heavy (non-hydrogen) atoms. The summed E-state index contributed by atoms with van der Waals surface area (Å²) in [5.41, 5.74) is 2.04. The van der Waals surface area contributed by atoms with Gasteiger partial charge in [-0.3, -0.25) is 9.59 Å². The number of carbonyl (C=O) groups is 3. The fourth-order valence-corrected chi connectivity index (χ4v) is 2.50. The van der Waals surface area contributed by atoms with Crippen molar-refractivity contribution in [2.24, 2.45) is 0 Å². The average molecular weight is 398 g/mol. The summed E-state index contributed by atoms with van der Waals surface area (Å²) >= 11 is 0. The van der Waals surface area contributed by atoms with Crippen molar-refractivity contribution in [3.8, 4) is 5.75 Å². The number of benzene rings is 2. The lowest BCUT2D eigenvalue weighted by Crippen LogP contribution is -2.33. The smallest absolute Gasteiger partial charge is 0.337 e. The van der Waals surface area contributed by atoms with E-state index in [-0.39, 0.29) is 12.5 Å². The molecule has 7 nitrogen and oxygen atoms in total. The average Bonchev–Trinajstić information content (AvgIpc) is 2.73. The molecule has 0 atom stereocenters. The quantitative estimate of drug-likeness (QED) is 0.499. The third-order valence-corrected chi connectivity index (χ3v) is 4.23. The zero-order valence-corrected chi connectivity index (χ0v) is 16.9. The Hall–Kier alpha value is -3.35. The number of nitrogens with one attached hydrogen (secondary N) is 2. The van der Waals surface area contributed by atoms with Crippen LogP contribution in [0, 0.1) is 6.92 Å². The van der Waals surface area contributed by atoms with Gasteiger partial charge >= 0.3 is 5.97 Å². The molecule has 0 radical (unpaired) electrons. The Bertz CT molecular complexity index is 862. The Morgan fingerprint density at radius 3 is 2.34 bits per heavy atom. The van der Waals surface area contributed by atoms with Gasteiger partial charge in [0.2, 0.25) is 5.91 Å². The second-order valence-electron chi connectivity index (χ2n) is 6.48. The molecule has 0 aromatic heterocycles. The van der Waals surface area contributed by atoms with E-state index in [0.717, 1.165) is 18.4 Å². The highest BCUT2D eigenvalue weighted by Crippen LogP contribution is 2.17. The molecule has 2 amide bonds. The molecule has 0 heterocycles. The van der Waals surface area contributed by atoms with Gasteiger partial charge < -0.3 is 20.1 Å². The number of hydrogen-bond donors (Lipinski definition) is 2. The first kappa shape index (κ1) is 21.9. The Labute approximate surface area is 170 Å². The van der Waals surface area contributed by atoms with E-state index in [1.165, 1.54) is 13.2 Å². The number of rotatable bonds is 9. The van der Waals surface area contributed by atoms with Gasteiger partial charge in [0.05, 0.1) is 25.8 Å². The minimum Gasteiger partial charge on any atom is -0.494 e. The summed E-state index contributed by atoms with van der Waals surface area (Å²) in [7, 11) is 1.29. The van der Waals surface area contributed by atoms with Crippen LogP contribution >= 0.6 is 0 Å². The number of methoxy groups -OCH3 is 1. The molecule has 0 spiro atoms. The van der Waals surface area contributed by atoms with Gasteiger partial charge in [0.1, 0.15) is 5.75 Å². The minimum absolute atomic E-state index is 0.199. The van der Waals surface area contributed by atoms with Gasteiger partial charge in [-0.1, -0.05) is 19.4 Å². The summed E-state index contributed by atoms with van der Waals surface area (Å²) in [5.74, 6) is -0.548. The molecule has 0 unspecified atom stereocenters. The number of ether oxygens (including phenoxy) is 2. The molecule has 7 heteroatoms. The standard InChI is InChI=1S/C22H26N2O5/c1-4-5-12-29-18-10-8-16(9-11-18)21(26)23-14-20(25)24-19-13-17(22(27)28-3)7-6-15(19)2/h6-11,13H,4-5,12,14H2,1-3H3,(H,23,26)(H,24,25). The Morgan fingerprint density at radius 2 is 1.69 bits per heavy atom. The van der Waals surface area contributed by atoms with E-state index in [2.05, 4.69) is 22.3 Å². The van der Waals surface area contributed by atoms with Crippen molar-refractivity contribution in [2.75, 3.05) is 25.6 Å². The van der Waals surface area contributed by atoms with Crippen LogP contribution in [0.1, 0.15) is 46.0 Å². The summed E-state index contributed by atoms with van der Waals surface area (Å²) in [6.45, 7) is 4.33. The maximum absolute atomic E-state index is 12.2. The monoisotopic (exact) mass is 398 g/mol. The van der Waals surface area contributed by atoms with Crippen molar-refractivity contribution in [1.29, 1.82) is 0 Å². The Kier molecular flexibility index (Phi) is 8.21. The summed E-state index contributed by atoms with van der Waals surface area (Å²) in [6, 6.07) is 11.6. The number of amides is 2.